The van der Waals surface area contributed by atoms with E-state index in [2.05, 4.69) is 4.98 Å². The van der Waals surface area contributed by atoms with Crippen LogP contribution in [0.25, 0.3) is 0 Å². The minimum Gasteiger partial charge on any atom is -0.456 e. The monoisotopic (exact) mass is 258 g/mol. The van der Waals surface area contributed by atoms with Crippen molar-refractivity contribution in [1.29, 1.82) is 0 Å². The second kappa shape index (κ2) is 6.31. The summed E-state index contributed by atoms with van der Waals surface area (Å²) < 4.78 is 5.66. The summed E-state index contributed by atoms with van der Waals surface area (Å²) in [6.45, 7) is 2.06. The van der Waals surface area contributed by atoms with Crippen molar-refractivity contribution in [2.75, 3.05) is 0 Å². The fourth-order valence-corrected chi connectivity index (χ4v) is 1.68. The highest BCUT2D eigenvalue weighted by atomic mass is 16.5. The first-order valence-corrected chi connectivity index (χ1v) is 6.32. The van der Waals surface area contributed by atoms with E-state index in [4.69, 9.17) is 15.6 Å². The molecule has 1 atom stereocenters. The molecule has 100 valence electrons. The zero-order valence-electron chi connectivity index (χ0n) is 10.9. The van der Waals surface area contributed by atoms with Crippen LogP contribution in [0, 0.1) is 0 Å². The van der Waals surface area contributed by atoms with E-state index in [0.717, 1.165) is 17.7 Å². The van der Waals surface area contributed by atoms with E-state index < -0.39 is 0 Å². The number of rotatable bonds is 5. The maximum absolute atomic E-state index is 8.96. The largest absolute Gasteiger partial charge is 0.456 e. The highest BCUT2D eigenvalue weighted by Gasteiger charge is 2.05. The Balaban J connectivity index is 2.06. The summed E-state index contributed by atoms with van der Waals surface area (Å²) in [6.07, 6.45) is 2.53. The number of pyridine rings is 1. The van der Waals surface area contributed by atoms with Crippen LogP contribution in [-0.4, -0.2) is 10.1 Å². The standard InChI is InChI=1S/C15H18N2O2/c1-2-14(16)15-8-7-13(9-17-15)19-12-5-3-11(10-18)4-6-12/h3-9,14,18H,2,10,16H2,1H3. The van der Waals surface area contributed by atoms with Crippen LogP contribution in [0.4, 0.5) is 0 Å². The van der Waals surface area contributed by atoms with E-state index in [1.165, 1.54) is 0 Å². The van der Waals surface area contributed by atoms with Crippen molar-refractivity contribution >= 4 is 0 Å². The van der Waals surface area contributed by atoms with Crippen molar-refractivity contribution in [2.24, 2.45) is 5.73 Å². The molecular weight excluding hydrogens is 240 g/mol. The fourth-order valence-electron chi connectivity index (χ4n) is 1.68. The van der Waals surface area contributed by atoms with E-state index in [-0.39, 0.29) is 12.6 Å². The molecule has 0 bridgehead atoms. The van der Waals surface area contributed by atoms with Crippen LogP contribution in [0.15, 0.2) is 42.6 Å². The van der Waals surface area contributed by atoms with Gasteiger partial charge in [0, 0.05) is 6.04 Å². The van der Waals surface area contributed by atoms with E-state index in [0.29, 0.717) is 11.5 Å². The van der Waals surface area contributed by atoms with Crippen molar-refractivity contribution in [1.82, 2.24) is 4.98 Å². The molecule has 1 aromatic heterocycles. The smallest absolute Gasteiger partial charge is 0.145 e. The molecule has 0 saturated carbocycles. The Kier molecular flexibility index (Phi) is 4.49. The van der Waals surface area contributed by atoms with Gasteiger partial charge in [0.1, 0.15) is 11.5 Å². The molecule has 0 aliphatic heterocycles. The molecule has 0 fully saturated rings. The summed E-state index contributed by atoms with van der Waals surface area (Å²) in [4.78, 5) is 4.29. The normalized spacial score (nSPS) is 12.2. The number of aliphatic hydroxyl groups excluding tert-OH is 1. The lowest BCUT2D eigenvalue weighted by Gasteiger charge is -2.09. The van der Waals surface area contributed by atoms with Crippen molar-refractivity contribution in [3.63, 3.8) is 0 Å². The zero-order valence-corrected chi connectivity index (χ0v) is 10.9. The van der Waals surface area contributed by atoms with Crippen molar-refractivity contribution in [3.8, 4) is 11.5 Å². The maximum atomic E-state index is 8.96. The quantitative estimate of drug-likeness (QED) is 0.865. The number of aliphatic hydroxyl groups is 1. The van der Waals surface area contributed by atoms with Crippen LogP contribution in [0.1, 0.15) is 30.6 Å². The summed E-state index contributed by atoms with van der Waals surface area (Å²) in [5.74, 6) is 1.38. The van der Waals surface area contributed by atoms with Gasteiger partial charge in [-0.1, -0.05) is 19.1 Å². The van der Waals surface area contributed by atoms with Crippen molar-refractivity contribution in [3.05, 3.63) is 53.9 Å². The first-order chi connectivity index (χ1) is 9.22. The van der Waals surface area contributed by atoms with Crippen molar-refractivity contribution in [2.45, 2.75) is 26.0 Å². The number of nitrogens with zero attached hydrogens (tertiary/aromatic N) is 1. The van der Waals surface area contributed by atoms with Gasteiger partial charge in [0.05, 0.1) is 18.5 Å². The van der Waals surface area contributed by atoms with Gasteiger partial charge in [0.25, 0.3) is 0 Å². The number of benzene rings is 1. The van der Waals surface area contributed by atoms with Gasteiger partial charge in [-0.25, -0.2) is 0 Å². The summed E-state index contributed by atoms with van der Waals surface area (Å²) in [6, 6.07) is 11.0. The van der Waals surface area contributed by atoms with Crippen molar-refractivity contribution < 1.29 is 9.84 Å². The van der Waals surface area contributed by atoms with Crippen LogP contribution in [0.3, 0.4) is 0 Å². The summed E-state index contributed by atoms with van der Waals surface area (Å²) in [5, 5.41) is 8.96. The molecule has 1 aromatic carbocycles. The van der Waals surface area contributed by atoms with E-state index in [9.17, 15) is 0 Å². The van der Waals surface area contributed by atoms with Gasteiger partial charge in [-0.15, -0.1) is 0 Å². The van der Waals surface area contributed by atoms with Gasteiger partial charge < -0.3 is 15.6 Å². The first kappa shape index (κ1) is 13.5. The molecule has 0 aliphatic rings. The van der Waals surface area contributed by atoms with E-state index >= 15 is 0 Å². The van der Waals surface area contributed by atoms with Gasteiger partial charge in [-0.2, -0.15) is 0 Å². The lowest BCUT2D eigenvalue weighted by molar-refractivity contribution is 0.281. The predicted octanol–water partition coefficient (Wildman–Crippen LogP) is 2.78. The Hall–Kier alpha value is -1.91. The molecule has 0 spiro atoms. The number of aromatic nitrogens is 1. The maximum Gasteiger partial charge on any atom is 0.145 e. The summed E-state index contributed by atoms with van der Waals surface area (Å²) in [7, 11) is 0. The Morgan fingerprint density at radius 1 is 1.16 bits per heavy atom. The lowest BCUT2D eigenvalue weighted by Crippen LogP contribution is -2.10. The minimum atomic E-state index is -0.0297. The molecule has 2 aromatic rings. The van der Waals surface area contributed by atoms with Gasteiger partial charge in [-0.3, -0.25) is 4.98 Å². The molecule has 2 rings (SSSR count). The average Bonchev–Trinajstić information content (AvgIpc) is 2.48. The SMILES string of the molecule is CCC(N)c1ccc(Oc2ccc(CO)cc2)cn1. The highest BCUT2D eigenvalue weighted by Crippen LogP contribution is 2.22. The number of ether oxygens (including phenoxy) is 1. The molecule has 0 radical (unpaired) electrons. The van der Waals surface area contributed by atoms with E-state index in [1.54, 1.807) is 6.20 Å². The van der Waals surface area contributed by atoms with Crippen LogP contribution in [-0.2, 0) is 6.61 Å². The third-order valence-electron chi connectivity index (χ3n) is 2.92. The summed E-state index contributed by atoms with van der Waals surface area (Å²) >= 11 is 0. The Labute approximate surface area is 112 Å². The molecule has 4 nitrogen and oxygen atoms in total. The summed E-state index contributed by atoms with van der Waals surface area (Å²) in [5.41, 5.74) is 7.62. The topological polar surface area (TPSA) is 68.4 Å². The molecular formula is C15H18N2O2. The van der Waals surface area contributed by atoms with Crippen LogP contribution in [0.5, 0.6) is 11.5 Å². The minimum absolute atomic E-state index is 0.0297. The second-order valence-corrected chi connectivity index (χ2v) is 4.34. The molecule has 0 amide bonds. The van der Waals surface area contributed by atoms with Gasteiger partial charge in [0.2, 0.25) is 0 Å². The number of hydrogen-bond donors (Lipinski definition) is 2. The Morgan fingerprint density at radius 3 is 2.37 bits per heavy atom. The zero-order chi connectivity index (χ0) is 13.7. The molecule has 3 N–H and O–H groups in total. The van der Waals surface area contributed by atoms with E-state index in [1.807, 2.05) is 43.3 Å². The number of hydrogen-bond acceptors (Lipinski definition) is 4. The van der Waals surface area contributed by atoms with Crippen LogP contribution in [0.2, 0.25) is 0 Å². The molecule has 0 saturated heterocycles. The molecule has 19 heavy (non-hydrogen) atoms. The first-order valence-electron chi connectivity index (χ1n) is 6.32. The van der Waals surface area contributed by atoms with Gasteiger partial charge in [-0.05, 0) is 36.2 Å². The van der Waals surface area contributed by atoms with Gasteiger partial charge >= 0.3 is 0 Å². The van der Waals surface area contributed by atoms with Crippen LogP contribution < -0.4 is 10.5 Å². The molecule has 1 unspecified atom stereocenters. The predicted molar refractivity (Wildman–Crippen MR) is 73.9 cm³/mol. The van der Waals surface area contributed by atoms with Gasteiger partial charge in [0.15, 0.2) is 0 Å². The fraction of sp³-hybridized carbons (Fsp3) is 0.267. The second-order valence-electron chi connectivity index (χ2n) is 4.34. The Bertz CT molecular complexity index is 509. The number of nitrogens with two attached hydrogens (primary N) is 1. The average molecular weight is 258 g/mol. The lowest BCUT2D eigenvalue weighted by atomic mass is 10.1. The third-order valence-corrected chi connectivity index (χ3v) is 2.92. The molecule has 4 heteroatoms. The molecule has 0 aliphatic carbocycles. The van der Waals surface area contributed by atoms with Crippen LogP contribution >= 0.6 is 0 Å². The third kappa shape index (κ3) is 3.53. The highest BCUT2D eigenvalue weighted by molar-refractivity contribution is 5.32. The Morgan fingerprint density at radius 2 is 1.84 bits per heavy atom. The molecule has 1 heterocycles.